The topological polar surface area (TPSA) is 68.9 Å². The van der Waals surface area contributed by atoms with Gasteiger partial charge in [0.25, 0.3) is 5.91 Å². The SMILES string of the molecule is NC(=O)c1ncccc1-c1ccc(Cl)cn1. The van der Waals surface area contributed by atoms with E-state index in [1.807, 2.05) is 0 Å². The summed E-state index contributed by atoms with van der Waals surface area (Å²) in [6, 6.07) is 6.87. The van der Waals surface area contributed by atoms with E-state index in [1.54, 1.807) is 24.3 Å². The molecule has 2 heterocycles. The number of hydrogen-bond donors (Lipinski definition) is 1. The average molecular weight is 234 g/mol. The van der Waals surface area contributed by atoms with Crippen LogP contribution < -0.4 is 5.73 Å². The lowest BCUT2D eigenvalue weighted by molar-refractivity contribution is 0.0996. The van der Waals surface area contributed by atoms with Gasteiger partial charge < -0.3 is 5.73 Å². The summed E-state index contributed by atoms with van der Waals surface area (Å²) < 4.78 is 0. The lowest BCUT2D eigenvalue weighted by atomic mass is 10.1. The lowest BCUT2D eigenvalue weighted by Crippen LogP contribution is -2.14. The fraction of sp³-hybridized carbons (Fsp3) is 0. The fourth-order valence-corrected chi connectivity index (χ4v) is 1.46. The van der Waals surface area contributed by atoms with Gasteiger partial charge in [-0.1, -0.05) is 11.6 Å². The first-order chi connectivity index (χ1) is 7.68. The molecule has 2 N–H and O–H groups in total. The second kappa shape index (κ2) is 4.28. The third-order valence-electron chi connectivity index (χ3n) is 2.04. The Hall–Kier alpha value is -1.94. The zero-order valence-electron chi connectivity index (χ0n) is 8.22. The highest BCUT2D eigenvalue weighted by molar-refractivity contribution is 6.30. The zero-order valence-corrected chi connectivity index (χ0v) is 8.98. The summed E-state index contributed by atoms with van der Waals surface area (Å²) in [6.07, 6.45) is 3.02. The summed E-state index contributed by atoms with van der Waals surface area (Å²) in [5, 5.41) is 0.535. The van der Waals surface area contributed by atoms with Gasteiger partial charge in [-0.3, -0.25) is 14.8 Å². The van der Waals surface area contributed by atoms with Gasteiger partial charge >= 0.3 is 0 Å². The number of pyridine rings is 2. The quantitative estimate of drug-likeness (QED) is 0.861. The Bertz CT molecular complexity index is 525. The second-order valence-electron chi connectivity index (χ2n) is 3.13. The van der Waals surface area contributed by atoms with Crippen LogP contribution in [0.1, 0.15) is 10.5 Å². The fourth-order valence-electron chi connectivity index (χ4n) is 1.34. The van der Waals surface area contributed by atoms with E-state index in [4.69, 9.17) is 17.3 Å². The molecule has 0 unspecified atom stereocenters. The van der Waals surface area contributed by atoms with Crippen molar-refractivity contribution in [3.63, 3.8) is 0 Å². The van der Waals surface area contributed by atoms with Crippen LogP contribution in [0.5, 0.6) is 0 Å². The molecule has 16 heavy (non-hydrogen) atoms. The number of hydrogen-bond acceptors (Lipinski definition) is 3. The Morgan fingerprint density at radius 3 is 2.69 bits per heavy atom. The maximum absolute atomic E-state index is 11.2. The number of nitrogens with two attached hydrogens (primary N) is 1. The normalized spacial score (nSPS) is 10.1. The molecule has 0 aliphatic heterocycles. The minimum absolute atomic E-state index is 0.206. The van der Waals surface area contributed by atoms with Crippen LogP contribution in [0.15, 0.2) is 36.7 Å². The van der Waals surface area contributed by atoms with Crippen molar-refractivity contribution in [3.8, 4) is 11.3 Å². The van der Waals surface area contributed by atoms with E-state index < -0.39 is 5.91 Å². The maximum Gasteiger partial charge on any atom is 0.268 e. The van der Waals surface area contributed by atoms with Crippen molar-refractivity contribution in [3.05, 3.63) is 47.4 Å². The summed E-state index contributed by atoms with van der Waals surface area (Å²) in [7, 11) is 0. The molecule has 0 saturated heterocycles. The van der Waals surface area contributed by atoms with Crippen molar-refractivity contribution >= 4 is 17.5 Å². The lowest BCUT2D eigenvalue weighted by Gasteiger charge is -2.04. The predicted octanol–water partition coefficient (Wildman–Crippen LogP) is 1.90. The van der Waals surface area contributed by atoms with Gasteiger partial charge in [0, 0.05) is 18.0 Å². The minimum atomic E-state index is -0.577. The molecule has 0 atom stereocenters. The van der Waals surface area contributed by atoms with Gasteiger partial charge in [0.2, 0.25) is 0 Å². The van der Waals surface area contributed by atoms with Crippen LogP contribution in [-0.2, 0) is 0 Å². The van der Waals surface area contributed by atoms with E-state index >= 15 is 0 Å². The smallest absolute Gasteiger partial charge is 0.268 e. The van der Waals surface area contributed by atoms with Gasteiger partial charge in [0.1, 0.15) is 5.69 Å². The van der Waals surface area contributed by atoms with Crippen LogP contribution in [0.4, 0.5) is 0 Å². The summed E-state index contributed by atoms with van der Waals surface area (Å²) >= 11 is 5.73. The second-order valence-corrected chi connectivity index (χ2v) is 3.56. The number of aromatic nitrogens is 2. The Labute approximate surface area is 97.1 Å². The monoisotopic (exact) mass is 233 g/mol. The zero-order chi connectivity index (χ0) is 11.5. The summed E-state index contributed by atoms with van der Waals surface area (Å²) in [4.78, 5) is 19.2. The van der Waals surface area contributed by atoms with Crippen LogP contribution in [0.25, 0.3) is 11.3 Å². The van der Waals surface area contributed by atoms with Crippen molar-refractivity contribution in [2.24, 2.45) is 5.73 Å². The molecule has 0 aromatic carbocycles. The molecular formula is C11H8ClN3O. The van der Waals surface area contributed by atoms with Crippen molar-refractivity contribution in [2.45, 2.75) is 0 Å². The van der Waals surface area contributed by atoms with Gasteiger partial charge in [-0.15, -0.1) is 0 Å². The summed E-state index contributed by atoms with van der Waals surface area (Å²) in [5.41, 5.74) is 6.65. The number of amides is 1. The highest BCUT2D eigenvalue weighted by Gasteiger charge is 2.11. The van der Waals surface area contributed by atoms with Crippen LogP contribution in [0, 0.1) is 0 Å². The third-order valence-corrected chi connectivity index (χ3v) is 2.27. The van der Waals surface area contributed by atoms with E-state index in [-0.39, 0.29) is 5.69 Å². The van der Waals surface area contributed by atoms with Crippen LogP contribution >= 0.6 is 11.6 Å². The van der Waals surface area contributed by atoms with Crippen LogP contribution in [0.3, 0.4) is 0 Å². The predicted molar refractivity (Wildman–Crippen MR) is 61.0 cm³/mol. The third kappa shape index (κ3) is 2.01. The van der Waals surface area contributed by atoms with Gasteiger partial charge in [0.05, 0.1) is 10.7 Å². The number of rotatable bonds is 2. The van der Waals surface area contributed by atoms with Crippen LogP contribution in [-0.4, -0.2) is 15.9 Å². The molecule has 1 amide bonds. The molecule has 80 valence electrons. The van der Waals surface area contributed by atoms with E-state index in [0.717, 1.165) is 0 Å². The van der Waals surface area contributed by atoms with Gasteiger partial charge in [-0.25, -0.2) is 0 Å². The molecular weight excluding hydrogens is 226 g/mol. The average Bonchev–Trinajstić information content (AvgIpc) is 2.30. The molecule has 0 aliphatic rings. The number of primary amides is 1. The highest BCUT2D eigenvalue weighted by atomic mass is 35.5. The molecule has 0 saturated carbocycles. The number of carbonyl (C=O) groups is 1. The van der Waals surface area contributed by atoms with Crippen molar-refractivity contribution in [1.29, 1.82) is 0 Å². The summed E-state index contributed by atoms with van der Waals surface area (Å²) in [5.74, 6) is -0.577. The molecule has 4 nitrogen and oxygen atoms in total. The van der Waals surface area contributed by atoms with Crippen molar-refractivity contribution < 1.29 is 4.79 Å². The van der Waals surface area contributed by atoms with E-state index in [9.17, 15) is 4.79 Å². The molecule has 2 aromatic rings. The van der Waals surface area contributed by atoms with Gasteiger partial charge in [0.15, 0.2) is 0 Å². The van der Waals surface area contributed by atoms with Gasteiger partial charge in [-0.05, 0) is 24.3 Å². The number of halogens is 1. The largest absolute Gasteiger partial charge is 0.364 e. The van der Waals surface area contributed by atoms with Gasteiger partial charge in [-0.2, -0.15) is 0 Å². The molecule has 2 aromatic heterocycles. The Kier molecular flexibility index (Phi) is 2.83. The maximum atomic E-state index is 11.2. The summed E-state index contributed by atoms with van der Waals surface area (Å²) in [6.45, 7) is 0. The molecule has 0 bridgehead atoms. The molecule has 2 rings (SSSR count). The standard InChI is InChI=1S/C11H8ClN3O/c12-7-3-4-9(15-6-7)8-2-1-5-14-10(8)11(13)16/h1-6H,(H2,13,16). The Morgan fingerprint density at radius 1 is 1.25 bits per heavy atom. The molecule has 0 radical (unpaired) electrons. The first-order valence-electron chi connectivity index (χ1n) is 4.55. The van der Waals surface area contributed by atoms with E-state index in [0.29, 0.717) is 16.3 Å². The Morgan fingerprint density at radius 2 is 2.06 bits per heavy atom. The first-order valence-corrected chi connectivity index (χ1v) is 4.93. The molecule has 0 fully saturated rings. The molecule has 5 heteroatoms. The van der Waals surface area contributed by atoms with Crippen molar-refractivity contribution in [1.82, 2.24) is 9.97 Å². The van der Waals surface area contributed by atoms with Crippen molar-refractivity contribution in [2.75, 3.05) is 0 Å². The van der Waals surface area contributed by atoms with E-state index in [2.05, 4.69) is 9.97 Å². The Balaban J connectivity index is 2.55. The molecule has 0 aliphatic carbocycles. The molecule has 0 spiro atoms. The van der Waals surface area contributed by atoms with Crippen LogP contribution in [0.2, 0.25) is 5.02 Å². The first kappa shape index (κ1) is 10.6. The number of carbonyl (C=O) groups excluding carboxylic acids is 1. The van der Waals surface area contributed by atoms with E-state index in [1.165, 1.54) is 12.4 Å². The highest BCUT2D eigenvalue weighted by Crippen LogP contribution is 2.20. The minimum Gasteiger partial charge on any atom is -0.364 e. The number of nitrogens with zero attached hydrogens (tertiary/aromatic N) is 2.